The lowest BCUT2D eigenvalue weighted by molar-refractivity contribution is -0.535. The van der Waals surface area contributed by atoms with Crippen LogP contribution >= 0.6 is 0 Å². The highest BCUT2D eigenvalue weighted by Gasteiger charge is 2.36. The second-order valence-corrected chi connectivity index (χ2v) is 13.7. The van der Waals surface area contributed by atoms with Gasteiger partial charge in [-0.3, -0.25) is 0 Å². The first-order chi connectivity index (χ1) is 18.3. The molecule has 0 aliphatic heterocycles. The van der Waals surface area contributed by atoms with Crippen molar-refractivity contribution >= 4 is 20.1 Å². The molecule has 0 amide bonds. The molecular formula is C27H27F3INO5S2. The molecule has 3 aromatic carbocycles. The maximum atomic E-state index is 12.6. The van der Waals surface area contributed by atoms with Crippen LogP contribution in [0, 0.1) is 26.3 Å². The summed E-state index contributed by atoms with van der Waals surface area (Å²) in [6, 6.07) is 27.6. The number of nitrogens with one attached hydrogen (secondary N) is 1. The molecule has 210 valence electrons. The van der Waals surface area contributed by atoms with E-state index in [1.54, 1.807) is 12.1 Å². The predicted octanol–water partition coefficient (Wildman–Crippen LogP) is 1.88. The second-order valence-electron chi connectivity index (χ2n) is 8.25. The van der Waals surface area contributed by atoms with Gasteiger partial charge in [0.05, 0.1) is 4.90 Å². The maximum Gasteiger partial charge on any atom is 0.485 e. The smallest absolute Gasteiger partial charge is 0.485 e. The molecule has 0 radical (unpaired) electrons. The molecule has 39 heavy (non-hydrogen) atoms. The van der Waals surface area contributed by atoms with E-state index in [4.69, 9.17) is 13.0 Å². The zero-order valence-electron chi connectivity index (χ0n) is 20.9. The van der Waals surface area contributed by atoms with Crippen LogP contribution in [0.25, 0.3) is 0 Å². The molecule has 1 unspecified atom stereocenters. The first kappa shape index (κ1) is 32.8. The summed E-state index contributed by atoms with van der Waals surface area (Å²) in [5.41, 5.74) is -3.32. The molecule has 6 nitrogen and oxygen atoms in total. The van der Waals surface area contributed by atoms with Crippen LogP contribution in [0.15, 0.2) is 89.8 Å². The summed E-state index contributed by atoms with van der Waals surface area (Å²) in [4.78, 5) is 0.306. The van der Waals surface area contributed by atoms with Crippen LogP contribution in [0.1, 0.15) is 24.0 Å². The van der Waals surface area contributed by atoms with Gasteiger partial charge in [-0.1, -0.05) is 66.2 Å². The van der Waals surface area contributed by atoms with Crippen LogP contribution in [-0.4, -0.2) is 33.4 Å². The van der Waals surface area contributed by atoms with E-state index in [-0.39, 0.29) is 27.1 Å². The standard InChI is InChI=1S/C26H27INO2S.CHF3O3S/c1-22-12-16-26(17-13-22)31(29,30)28-21-19-24(15-14-23-8-4-2-5-9-23)18-20-27-25-10-6-3-7-11-25;2-1(3,4)8(5,6)7/h2-13,16-17,24,28H,14-15,19,21H2,1H3;(H,5,6,7)/q+1;/p-1. The van der Waals surface area contributed by atoms with Gasteiger partial charge in [-0.15, -0.1) is 0 Å². The number of alkyl halides is 3. The van der Waals surface area contributed by atoms with E-state index in [0.717, 1.165) is 18.4 Å². The van der Waals surface area contributed by atoms with E-state index in [1.165, 1.54) is 9.13 Å². The lowest BCUT2D eigenvalue weighted by Crippen LogP contribution is -3.59. The molecule has 12 heteroatoms. The normalized spacial score (nSPS) is 12.4. The quantitative estimate of drug-likeness (QED) is 0.160. The van der Waals surface area contributed by atoms with Crippen molar-refractivity contribution in [3.05, 3.63) is 99.6 Å². The second kappa shape index (κ2) is 15.4. The molecule has 0 aliphatic carbocycles. The van der Waals surface area contributed by atoms with Gasteiger partial charge in [0.1, 0.15) is 0 Å². The average Bonchev–Trinajstić information content (AvgIpc) is 2.87. The minimum absolute atomic E-state index is 0.157. The fraction of sp³-hybridized carbons (Fsp3) is 0.259. The van der Waals surface area contributed by atoms with Crippen molar-refractivity contribution < 1.29 is 55.8 Å². The molecule has 0 heterocycles. The molecule has 0 saturated heterocycles. The number of benzene rings is 3. The number of aryl methyl sites for hydroxylation is 2. The number of sulfonamides is 1. The molecule has 1 atom stereocenters. The highest BCUT2D eigenvalue weighted by molar-refractivity contribution is 7.89. The summed E-state index contributed by atoms with van der Waals surface area (Å²) in [5, 5.41) is 0. The molecule has 3 aromatic rings. The molecule has 0 aliphatic rings. The SMILES string of the molecule is Cc1ccc(S(=O)(=O)NCCC(C#C[I+]c2ccccc2)CCc2ccccc2)cc1.O=S(=O)([O-])C(F)(F)F. The molecule has 0 spiro atoms. The Bertz CT molecular complexity index is 1440. The lowest BCUT2D eigenvalue weighted by atomic mass is 9.97. The minimum atomic E-state index is -6.09. The first-order valence-electron chi connectivity index (χ1n) is 11.6. The van der Waals surface area contributed by atoms with Crippen molar-refractivity contribution in [3.8, 4) is 9.85 Å². The summed E-state index contributed by atoms with van der Waals surface area (Å²) in [6.45, 7) is 2.33. The van der Waals surface area contributed by atoms with Crippen molar-refractivity contribution in [1.29, 1.82) is 0 Å². The van der Waals surface area contributed by atoms with E-state index in [9.17, 15) is 21.6 Å². The van der Waals surface area contributed by atoms with Crippen LogP contribution in [0.3, 0.4) is 0 Å². The molecule has 1 N–H and O–H groups in total. The van der Waals surface area contributed by atoms with Crippen molar-refractivity contribution in [3.63, 3.8) is 0 Å². The van der Waals surface area contributed by atoms with Gasteiger partial charge in [-0.2, -0.15) is 13.2 Å². The molecule has 0 aromatic heterocycles. The van der Waals surface area contributed by atoms with Crippen LogP contribution in [0.2, 0.25) is 0 Å². The fourth-order valence-corrected chi connectivity index (χ4v) is 5.81. The van der Waals surface area contributed by atoms with Crippen LogP contribution < -0.4 is 25.9 Å². The summed E-state index contributed by atoms with van der Waals surface area (Å²) >= 11 is -0.352. The first-order valence-corrected chi connectivity index (χ1v) is 16.6. The Morgan fingerprint density at radius 2 is 1.41 bits per heavy atom. The van der Waals surface area contributed by atoms with Gasteiger partial charge in [0.2, 0.25) is 13.6 Å². The molecule has 0 fully saturated rings. The van der Waals surface area contributed by atoms with Gasteiger partial charge in [0, 0.05) is 12.5 Å². The monoisotopic (exact) mass is 693 g/mol. The summed E-state index contributed by atoms with van der Waals surface area (Å²) in [5.74, 6) is 3.59. The highest BCUT2D eigenvalue weighted by Crippen LogP contribution is 2.20. The van der Waals surface area contributed by atoms with E-state index >= 15 is 0 Å². The summed E-state index contributed by atoms with van der Waals surface area (Å²) < 4.78 is 91.5. The molecular weight excluding hydrogens is 666 g/mol. The number of halogens is 4. The van der Waals surface area contributed by atoms with E-state index in [0.29, 0.717) is 17.9 Å². The van der Waals surface area contributed by atoms with Gasteiger partial charge in [-0.05, 0) is 61.9 Å². The largest absolute Gasteiger partial charge is 0.741 e. The Kier molecular flexibility index (Phi) is 12.9. The van der Waals surface area contributed by atoms with Gasteiger partial charge in [0.25, 0.3) is 0 Å². The van der Waals surface area contributed by atoms with E-state index in [2.05, 4.69) is 38.8 Å². The van der Waals surface area contributed by atoms with Crippen molar-refractivity contribution in [1.82, 2.24) is 4.72 Å². The summed E-state index contributed by atoms with van der Waals surface area (Å²) in [6.07, 6.45) is 2.56. The van der Waals surface area contributed by atoms with Gasteiger partial charge >= 0.3 is 26.7 Å². The third kappa shape index (κ3) is 12.5. The Morgan fingerprint density at radius 3 is 1.95 bits per heavy atom. The lowest BCUT2D eigenvalue weighted by Gasteiger charge is -2.12. The minimum Gasteiger partial charge on any atom is -0.741 e. The Hall–Kier alpha value is -2.44. The molecule has 0 saturated carbocycles. The van der Waals surface area contributed by atoms with Gasteiger partial charge in [-0.25, -0.2) is 21.6 Å². The molecule has 3 rings (SSSR count). The van der Waals surface area contributed by atoms with Gasteiger partial charge in [0.15, 0.2) is 14.0 Å². The highest BCUT2D eigenvalue weighted by atomic mass is 127. The zero-order valence-corrected chi connectivity index (χ0v) is 24.6. The average molecular weight is 694 g/mol. The van der Waals surface area contributed by atoms with Crippen molar-refractivity contribution in [2.45, 2.75) is 36.6 Å². The number of hydrogen-bond acceptors (Lipinski definition) is 5. The Morgan fingerprint density at radius 1 is 0.872 bits per heavy atom. The van der Waals surface area contributed by atoms with Crippen LogP contribution in [0.5, 0.6) is 0 Å². The van der Waals surface area contributed by atoms with Crippen molar-refractivity contribution in [2.24, 2.45) is 5.92 Å². The van der Waals surface area contributed by atoms with Crippen molar-refractivity contribution in [2.75, 3.05) is 6.54 Å². The number of rotatable bonds is 9. The van der Waals surface area contributed by atoms with E-state index in [1.807, 2.05) is 55.5 Å². The van der Waals surface area contributed by atoms with Crippen LogP contribution in [-0.2, 0) is 26.6 Å². The molecule has 0 bridgehead atoms. The predicted molar refractivity (Wildman–Crippen MR) is 138 cm³/mol. The fourth-order valence-electron chi connectivity index (χ4n) is 3.08. The Labute approximate surface area is 238 Å². The third-order valence-electron chi connectivity index (χ3n) is 5.17. The Balaban J connectivity index is 0.000000580. The van der Waals surface area contributed by atoms with Crippen LogP contribution in [0.4, 0.5) is 13.2 Å². The zero-order chi connectivity index (χ0) is 28.9. The topological polar surface area (TPSA) is 103 Å². The van der Waals surface area contributed by atoms with E-state index < -0.39 is 25.6 Å². The summed E-state index contributed by atoms with van der Waals surface area (Å²) in [7, 11) is -9.58. The third-order valence-corrected chi connectivity index (χ3v) is 9.14. The van der Waals surface area contributed by atoms with Gasteiger partial charge < -0.3 is 4.55 Å². The number of hydrogen-bond donors (Lipinski definition) is 1. The maximum absolute atomic E-state index is 12.6.